The van der Waals surface area contributed by atoms with Crippen molar-refractivity contribution >= 4 is 35.5 Å². The molecule has 0 spiro atoms. The fourth-order valence-corrected chi connectivity index (χ4v) is 5.66. The van der Waals surface area contributed by atoms with Gasteiger partial charge in [-0.3, -0.25) is 19.3 Å². The van der Waals surface area contributed by atoms with Gasteiger partial charge in [-0.25, -0.2) is 4.79 Å². The molecule has 9 nitrogen and oxygen atoms in total. The monoisotopic (exact) mass is 510 g/mol. The molecule has 2 aromatic carbocycles. The highest BCUT2D eigenvalue weighted by Crippen LogP contribution is 2.47. The van der Waals surface area contributed by atoms with Crippen molar-refractivity contribution in [1.82, 2.24) is 10.2 Å². The van der Waals surface area contributed by atoms with Crippen LogP contribution < -0.4 is 5.32 Å². The van der Waals surface area contributed by atoms with Crippen LogP contribution in [0.2, 0.25) is 0 Å². The van der Waals surface area contributed by atoms with Gasteiger partial charge < -0.3 is 19.5 Å². The van der Waals surface area contributed by atoms with Crippen LogP contribution in [-0.2, 0) is 33.4 Å². The summed E-state index contributed by atoms with van der Waals surface area (Å²) in [5, 5.41) is 1.88. The van der Waals surface area contributed by atoms with E-state index in [1.54, 1.807) is 0 Å². The molecule has 0 radical (unpaired) electrons. The minimum Gasteiger partial charge on any atom is -0.461 e. The van der Waals surface area contributed by atoms with E-state index < -0.39 is 41.0 Å². The molecule has 10 heteroatoms. The van der Waals surface area contributed by atoms with Gasteiger partial charge in [0.25, 0.3) is 11.6 Å². The van der Waals surface area contributed by atoms with Gasteiger partial charge in [0.05, 0.1) is 0 Å². The van der Waals surface area contributed by atoms with Crippen LogP contribution in [0.15, 0.2) is 71.9 Å². The van der Waals surface area contributed by atoms with Crippen LogP contribution in [0.25, 0.3) is 0 Å². The summed E-state index contributed by atoms with van der Waals surface area (Å²) in [6.45, 7) is 2.37. The molecule has 188 valence electrons. The predicted molar refractivity (Wildman–Crippen MR) is 131 cm³/mol. The number of carbonyl (C=O) groups is 4. The van der Waals surface area contributed by atoms with Gasteiger partial charge in [0.2, 0.25) is 5.91 Å². The van der Waals surface area contributed by atoms with E-state index in [9.17, 15) is 19.2 Å². The lowest BCUT2D eigenvalue weighted by atomic mass is 9.97. The number of fused-ring (bicyclic) bond motifs is 1. The molecule has 2 aliphatic rings. The molecule has 2 aromatic rings. The van der Waals surface area contributed by atoms with Gasteiger partial charge in [-0.15, -0.1) is 11.8 Å². The van der Waals surface area contributed by atoms with Crippen molar-refractivity contribution < 1.29 is 33.4 Å². The zero-order valence-corrected chi connectivity index (χ0v) is 20.9. The smallest absolute Gasteiger partial charge is 0.356 e. The summed E-state index contributed by atoms with van der Waals surface area (Å²) in [5.74, 6) is -2.06. The Kier molecular flexibility index (Phi) is 7.46. The van der Waals surface area contributed by atoms with Crippen molar-refractivity contribution in [2.45, 2.75) is 31.1 Å². The number of carbonyl (C=O) groups excluding carboxylic acids is 4. The SMILES string of the molecule is CO[C@]1(NC(C)=O)C(=O)N2C(C(=O)OC(c3ccccc3)c3ccccc3)=C(COC(C)=O)CS[C@@H]21. The summed E-state index contributed by atoms with van der Waals surface area (Å²) in [5.41, 5.74) is 0.311. The average Bonchev–Trinajstić information content (AvgIpc) is 2.89. The summed E-state index contributed by atoms with van der Waals surface area (Å²) in [6, 6.07) is 18.5. The summed E-state index contributed by atoms with van der Waals surface area (Å²) >= 11 is 1.29. The van der Waals surface area contributed by atoms with Crippen molar-refractivity contribution in [1.29, 1.82) is 0 Å². The van der Waals surface area contributed by atoms with Gasteiger partial charge in [-0.1, -0.05) is 60.7 Å². The van der Waals surface area contributed by atoms with Crippen LogP contribution in [0.1, 0.15) is 31.1 Å². The molecule has 1 saturated heterocycles. The molecule has 0 aliphatic carbocycles. The van der Waals surface area contributed by atoms with Gasteiger partial charge in [0.15, 0.2) is 6.10 Å². The van der Waals surface area contributed by atoms with Crippen molar-refractivity contribution in [2.24, 2.45) is 0 Å². The molecule has 2 atom stereocenters. The largest absolute Gasteiger partial charge is 0.461 e. The average molecular weight is 511 g/mol. The molecule has 0 saturated carbocycles. The normalized spacial score (nSPS) is 20.9. The zero-order chi connectivity index (χ0) is 25.9. The van der Waals surface area contributed by atoms with E-state index in [2.05, 4.69) is 5.32 Å². The van der Waals surface area contributed by atoms with E-state index in [1.807, 2.05) is 60.7 Å². The van der Waals surface area contributed by atoms with Crippen LogP contribution in [0.4, 0.5) is 0 Å². The van der Waals surface area contributed by atoms with Crippen molar-refractivity contribution in [3.8, 4) is 0 Å². The van der Waals surface area contributed by atoms with Gasteiger partial charge >= 0.3 is 11.9 Å². The first-order valence-electron chi connectivity index (χ1n) is 11.2. The first-order valence-corrected chi connectivity index (χ1v) is 12.3. The number of amides is 2. The fraction of sp³-hybridized carbons (Fsp3) is 0.308. The maximum absolute atomic E-state index is 13.7. The van der Waals surface area contributed by atoms with Crippen molar-refractivity contribution in [3.63, 3.8) is 0 Å². The van der Waals surface area contributed by atoms with E-state index in [4.69, 9.17) is 14.2 Å². The Morgan fingerprint density at radius 3 is 2.14 bits per heavy atom. The van der Waals surface area contributed by atoms with Gasteiger partial charge in [0, 0.05) is 32.3 Å². The summed E-state index contributed by atoms with van der Waals surface area (Å²) in [4.78, 5) is 51.6. The molecule has 2 heterocycles. The number of methoxy groups -OCH3 is 1. The number of rotatable bonds is 8. The highest BCUT2D eigenvalue weighted by molar-refractivity contribution is 8.00. The number of benzene rings is 2. The number of esters is 2. The number of thioether (sulfide) groups is 1. The molecular formula is C26H26N2O7S. The number of nitrogens with one attached hydrogen (secondary N) is 1. The Balaban J connectivity index is 1.71. The highest BCUT2D eigenvalue weighted by Gasteiger charge is 2.66. The van der Waals surface area contributed by atoms with E-state index in [1.165, 1.54) is 37.6 Å². The van der Waals surface area contributed by atoms with E-state index in [0.717, 1.165) is 11.1 Å². The molecule has 0 bridgehead atoms. The second-order valence-corrected chi connectivity index (χ2v) is 9.37. The van der Waals surface area contributed by atoms with Crippen LogP contribution in [-0.4, -0.2) is 59.2 Å². The number of hydrogen-bond acceptors (Lipinski definition) is 8. The first kappa shape index (κ1) is 25.5. The van der Waals surface area contributed by atoms with Crippen LogP contribution >= 0.6 is 11.8 Å². The quantitative estimate of drug-likeness (QED) is 0.328. The zero-order valence-electron chi connectivity index (χ0n) is 20.1. The Bertz CT molecular complexity index is 1160. The van der Waals surface area contributed by atoms with Crippen LogP contribution in [0.3, 0.4) is 0 Å². The lowest BCUT2D eigenvalue weighted by Gasteiger charge is -2.55. The highest BCUT2D eigenvalue weighted by atomic mass is 32.2. The van der Waals surface area contributed by atoms with E-state index >= 15 is 0 Å². The molecule has 36 heavy (non-hydrogen) atoms. The lowest BCUT2D eigenvalue weighted by molar-refractivity contribution is -0.193. The number of β-lactam (4-membered cyclic amide) rings is 1. The second-order valence-electron chi connectivity index (χ2n) is 8.30. The minimum atomic E-state index is -1.60. The molecule has 2 aliphatic heterocycles. The summed E-state index contributed by atoms with van der Waals surface area (Å²) < 4.78 is 16.6. The molecule has 0 unspecified atom stereocenters. The van der Waals surface area contributed by atoms with Gasteiger partial charge in [-0.05, 0) is 11.1 Å². The third kappa shape index (κ3) is 4.74. The van der Waals surface area contributed by atoms with Crippen LogP contribution in [0.5, 0.6) is 0 Å². The van der Waals surface area contributed by atoms with E-state index in [0.29, 0.717) is 5.57 Å². The van der Waals surface area contributed by atoms with Gasteiger partial charge in [-0.2, -0.15) is 0 Å². The van der Waals surface area contributed by atoms with E-state index in [-0.39, 0.29) is 18.1 Å². The number of hydrogen-bond donors (Lipinski definition) is 1. The topological polar surface area (TPSA) is 111 Å². The van der Waals surface area contributed by atoms with Crippen molar-refractivity contribution in [3.05, 3.63) is 83.1 Å². The number of ether oxygens (including phenoxy) is 3. The van der Waals surface area contributed by atoms with Crippen molar-refractivity contribution in [2.75, 3.05) is 19.5 Å². The summed E-state index contributed by atoms with van der Waals surface area (Å²) in [6.07, 6.45) is -0.741. The minimum absolute atomic E-state index is 0.0140. The molecule has 0 aromatic heterocycles. The predicted octanol–water partition coefficient (Wildman–Crippen LogP) is 2.53. The second kappa shape index (κ2) is 10.5. The molecule has 1 N–H and O–H groups in total. The number of nitrogens with zero attached hydrogens (tertiary/aromatic N) is 1. The molecule has 1 fully saturated rings. The maximum Gasteiger partial charge on any atom is 0.356 e. The Hall–Kier alpha value is -3.63. The molecular weight excluding hydrogens is 484 g/mol. The third-order valence-corrected chi connectivity index (χ3v) is 7.24. The Morgan fingerprint density at radius 1 is 1.06 bits per heavy atom. The lowest BCUT2D eigenvalue weighted by Crippen LogP contribution is -2.80. The Morgan fingerprint density at radius 2 is 1.64 bits per heavy atom. The maximum atomic E-state index is 13.7. The van der Waals surface area contributed by atoms with Gasteiger partial charge in [0.1, 0.15) is 17.7 Å². The summed E-state index contributed by atoms with van der Waals surface area (Å²) in [7, 11) is 1.32. The van der Waals surface area contributed by atoms with Crippen LogP contribution in [0, 0.1) is 0 Å². The fourth-order valence-electron chi connectivity index (χ4n) is 4.24. The Labute approximate surface area is 212 Å². The first-order chi connectivity index (χ1) is 17.3. The standard InChI is InChI=1S/C26H26N2O7S/c1-16(29)27-26(33-3)24(32)28-21(20(14-34-17(2)30)15-36-25(26)28)23(31)35-22(18-10-6-4-7-11-18)19-12-8-5-9-13-19/h4-13,22,25H,14-15H2,1-3H3,(H,27,29)/t25-,26-/m1/s1. The third-order valence-electron chi connectivity index (χ3n) is 5.87. The molecule has 2 amide bonds. The molecule has 4 rings (SSSR count).